The summed E-state index contributed by atoms with van der Waals surface area (Å²) in [6, 6.07) is 1.79. The van der Waals surface area contributed by atoms with Crippen molar-refractivity contribution in [2.24, 2.45) is 5.73 Å². The van der Waals surface area contributed by atoms with Crippen LogP contribution in [0.3, 0.4) is 0 Å². The van der Waals surface area contributed by atoms with Gasteiger partial charge in [-0.15, -0.1) is 11.8 Å². The third-order valence-corrected chi connectivity index (χ3v) is 6.39. The summed E-state index contributed by atoms with van der Waals surface area (Å²) >= 11 is 2.61. The number of carboxylic acid groups (broad SMARTS) is 1. The first-order chi connectivity index (χ1) is 13.3. The lowest BCUT2D eigenvalue weighted by atomic mass is 9.98. The first kappa shape index (κ1) is 20.2. The van der Waals surface area contributed by atoms with Crippen LogP contribution < -0.4 is 16.2 Å². The summed E-state index contributed by atoms with van der Waals surface area (Å²) in [6.45, 7) is -0.382. The maximum atomic E-state index is 12.8. The highest BCUT2D eigenvalue weighted by molar-refractivity contribution is 8.00. The second-order valence-corrected chi connectivity index (χ2v) is 7.83. The number of primary amides is 1. The van der Waals surface area contributed by atoms with Crippen LogP contribution >= 0.6 is 23.1 Å². The van der Waals surface area contributed by atoms with Crippen LogP contribution in [-0.2, 0) is 30.3 Å². The van der Waals surface area contributed by atoms with Crippen molar-refractivity contribution in [3.8, 4) is 0 Å². The SMILES string of the molecule is COC1(NC(=O)Cc2ccsc2)C(=O)N2C(C(=O)[O-])=C(COC(N)=O)CSC21. The molecule has 0 aromatic carbocycles. The number of fused-ring (bicyclic) bond motifs is 1. The number of thiophene rings is 1. The molecule has 1 fully saturated rings. The molecule has 3 heterocycles. The van der Waals surface area contributed by atoms with E-state index in [4.69, 9.17) is 10.5 Å². The highest BCUT2D eigenvalue weighted by Crippen LogP contribution is 2.46. The molecule has 1 aromatic rings. The summed E-state index contributed by atoms with van der Waals surface area (Å²) < 4.78 is 9.97. The van der Waals surface area contributed by atoms with Gasteiger partial charge in [0.15, 0.2) is 0 Å². The number of carboxylic acids is 1. The molecule has 2 aliphatic heterocycles. The number of nitrogens with one attached hydrogen (secondary N) is 1. The van der Waals surface area contributed by atoms with Crippen molar-refractivity contribution in [2.75, 3.05) is 19.5 Å². The number of aliphatic carboxylic acids is 1. The highest BCUT2D eigenvalue weighted by atomic mass is 32.2. The van der Waals surface area contributed by atoms with Gasteiger partial charge in [0.25, 0.3) is 11.6 Å². The molecule has 3 rings (SSSR count). The summed E-state index contributed by atoms with van der Waals surface area (Å²) in [5, 5.41) is 17.0. The zero-order chi connectivity index (χ0) is 20.5. The molecule has 3 amide bonds. The van der Waals surface area contributed by atoms with E-state index in [0.29, 0.717) is 0 Å². The van der Waals surface area contributed by atoms with Crippen LogP contribution in [-0.4, -0.2) is 59.3 Å². The van der Waals surface area contributed by atoms with Crippen LogP contribution in [0.15, 0.2) is 28.1 Å². The molecule has 0 bridgehead atoms. The van der Waals surface area contributed by atoms with Gasteiger partial charge in [-0.25, -0.2) is 4.79 Å². The number of ether oxygens (including phenoxy) is 2. The molecule has 2 atom stereocenters. The molecule has 0 saturated carbocycles. The van der Waals surface area contributed by atoms with Gasteiger partial charge < -0.3 is 30.4 Å². The van der Waals surface area contributed by atoms with Gasteiger partial charge in [0.05, 0.1) is 18.1 Å². The minimum absolute atomic E-state index is 0.0557. The van der Waals surface area contributed by atoms with Gasteiger partial charge in [0.1, 0.15) is 12.0 Å². The summed E-state index contributed by atoms with van der Waals surface area (Å²) in [5.74, 6) is -2.66. The second-order valence-electron chi connectivity index (χ2n) is 5.98. The van der Waals surface area contributed by atoms with Crippen molar-refractivity contribution in [1.29, 1.82) is 0 Å². The summed E-state index contributed by atoms with van der Waals surface area (Å²) in [6.07, 6.45) is -1.01. The Balaban J connectivity index is 1.81. The van der Waals surface area contributed by atoms with E-state index >= 15 is 0 Å². The lowest BCUT2D eigenvalue weighted by Crippen LogP contribution is -2.81. The van der Waals surface area contributed by atoms with E-state index in [2.05, 4.69) is 10.1 Å². The Morgan fingerprint density at radius 3 is 2.79 bits per heavy atom. The summed E-state index contributed by atoms with van der Waals surface area (Å²) in [4.78, 5) is 48.6. The van der Waals surface area contributed by atoms with Crippen molar-refractivity contribution >= 4 is 47.0 Å². The molecule has 10 nitrogen and oxygen atoms in total. The smallest absolute Gasteiger partial charge is 0.404 e. The van der Waals surface area contributed by atoms with Crippen LogP contribution in [0.1, 0.15) is 5.56 Å². The fourth-order valence-corrected chi connectivity index (χ4v) is 5.12. The standard InChI is InChI=1S/C16H17N3O7S2/c1-25-16(18-10(20)4-8-2-3-27-6-8)13(23)19-11(12(21)22)9(5-26-15(17)24)7-28-14(16)19/h2-3,6,14H,4-5,7H2,1H3,(H2,17,24)(H,18,20)(H,21,22)/p-1. The lowest BCUT2D eigenvalue weighted by molar-refractivity contribution is -0.302. The van der Waals surface area contributed by atoms with Gasteiger partial charge in [0.2, 0.25) is 5.91 Å². The maximum Gasteiger partial charge on any atom is 0.404 e. The Kier molecular flexibility index (Phi) is 5.63. The van der Waals surface area contributed by atoms with Crippen molar-refractivity contribution in [3.63, 3.8) is 0 Å². The van der Waals surface area contributed by atoms with E-state index in [1.807, 2.05) is 10.8 Å². The van der Waals surface area contributed by atoms with Crippen molar-refractivity contribution in [1.82, 2.24) is 10.2 Å². The molecule has 3 N–H and O–H groups in total. The fourth-order valence-electron chi connectivity index (χ4n) is 3.03. The average molecular weight is 426 g/mol. The van der Waals surface area contributed by atoms with Gasteiger partial charge in [-0.05, 0) is 22.4 Å². The van der Waals surface area contributed by atoms with Crippen molar-refractivity contribution < 1.29 is 33.8 Å². The minimum Gasteiger partial charge on any atom is -0.543 e. The number of methoxy groups -OCH3 is 1. The van der Waals surface area contributed by atoms with Gasteiger partial charge in [0, 0.05) is 18.4 Å². The monoisotopic (exact) mass is 426 g/mol. The largest absolute Gasteiger partial charge is 0.543 e. The van der Waals surface area contributed by atoms with E-state index < -0.39 is 40.7 Å². The zero-order valence-corrected chi connectivity index (χ0v) is 16.3. The number of nitrogens with two attached hydrogens (primary N) is 1. The first-order valence-corrected chi connectivity index (χ1v) is 9.97. The Bertz CT molecular complexity index is 854. The van der Waals surface area contributed by atoms with Crippen molar-refractivity contribution in [2.45, 2.75) is 17.5 Å². The van der Waals surface area contributed by atoms with Crippen LogP contribution in [0.4, 0.5) is 4.79 Å². The molecule has 150 valence electrons. The lowest BCUT2D eigenvalue weighted by Gasteiger charge is -2.56. The van der Waals surface area contributed by atoms with Gasteiger partial charge in [-0.3, -0.25) is 14.5 Å². The number of amides is 3. The molecule has 0 aliphatic carbocycles. The minimum atomic E-state index is -1.69. The zero-order valence-electron chi connectivity index (χ0n) is 14.6. The Labute approximate surface area is 167 Å². The normalized spacial score (nSPS) is 23.7. The molecule has 1 aromatic heterocycles. The topological polar surface area (TPSA) is 151 Å². The van der Waals surface area contributed by atoms with Crippen LogP contribution in [0.2, 0.25) is 0 Å². The molecule has 28 heavy (non-hydrogen) atoms. The Morgan fingerprint density at radius 1 is 1.46 bits per heavy atom. The molecule has 2 unspecified atom stereocenters. The second kappa shape index (κ2) is 7.81. The van der Waals surface area contributed by atoms with Crippen LogP contribution in [0.5, 0.6) is 0 Å². The number of β-lactam (4-membered cyclic amide) rings is 1. The molecular weight excluding hydrogens is 410 g/mol. The number of hydrogen-bond donors (Lipinski definition) is 2. The highest BCUT2D eigenvalue weighted by Gasteiger charge is 2.65. The van der Waals surface area contributed by atoms with Crippen LogP contribution in [0.25, 0.3) is 0 Å². The third-order valence-electron chi connectivity index (χ3n) is 4.28. The Morgan fingerprint density at radius 2 is 2.21 bits per heavy atom. The predicted molar refractivity (Wildman–Crippen MR) is 96.6 cm³/mol. The predicted octanol–water partition coefficient (Wildman–Crippen LogP) is -1.24. The number of carbonyl (C=O) groups is 4. The average Bonchev–Trinajstić information content (AvgIpc) is 3.15. The Hall–Kier alpha value is -2.57. The number of rotatable bonds is 7. The van der Waals surface area contributed by atoms with E-state index in [1.165, 1.54) is 30.2 Å². The quantitative estimate of drug-likeness (QED) is 0.406. The molecule has 12 heteroatoms. The van der Waals surface area contributed by atoms with Gasteiger partial charge in [-0.1, -0.05) is 0 Å². The van der Waals surface area contributed by atoms with E-state index in [9.17, 15) is 24.3 Å². The number of carbonyl (C=O) groups excluding carboxylic acids is 4. The molecule has 2 aliphatic rings. The molecule has 0 spiro atoms. The molecule has 0 radical (unpaired) electrons. The fraction of sp³-hybridized carbons (Fsp3) is 0.375. The van der Waals surface area contributed by atoms with Crippen LogP contribution in [0, 0.1) is 0 Å². The van der Waals surface area contributed by atoms with E-state index in [1.54, 1.807) is 6.07 Å². The summed E-state index contributed by atoms with van der Waals surface area (Å²) in [7, 11) is 1.26. The number of thioether (sulfide) groups is 1. The number of nitrogens with zero attached hydrogens (tertiary/aromatic N) is 1. The van der Waals surface area contributed by atoms with E-state index in [-0.39, 0.29) is 24.4 Å². The summed E-state index contributed by atoms with van der Waals surface area (Å²) in [5.41, 5.74) is 3.77. The molecule has 1 saturated heterocycles. The third kappa shape index (κ3) is 3.45. The van der Waals surface area contributed by atoms with Crippen molar-refractivity contribution in [3.05, 3.63) is 33.7 Å². The van der Waals surface area contributed by atoms with E-state index in [0.717, 1.165) is 10.5 Å². The number of hydrogen-bond acceptors (Lipinski definition) is 9. The first-order valence-electron chi connectivity index (χ1n) is 7.98. The maximum absolute atomic E-state index is 12.8. The van der Waals surface area contributed by atoms with Gasteiger partial charge in [-0.2, -0.15) is 11.3 Å². The molecular formula is C16H16N3O7S2-. The van der Waals surface area contributed by atoms with Gasteiger partial charge >= 0.3 is 6.09 Å².